The van der Waals surface area contributed by atoms with Crippen molar-refractivity contribution >= 4 is 44.5 Å². The maximum atomic E-state index is 12.4. The lowest BCUT2D eigenvalue weighted by molar-refractivity contribution is 0.601. The molecule has 0 heterocycles. The molecule has 0 aliphatic heterocycles. The lowest BCUT2D eigenvalue weighted by Gasteiger charge is -2.11. The van der Waals surface area contributed by atoms with E-state index in [0.29, 0.717) is 16.3 Å². The summed E-state index contributed by atoms with van der Waals surface area (Å²) in [5, 5.41) is 0.525. The monoisotopic (exact) mass is 326 g/mol. The van der Waals surface area contributed by atoms with Crippen LogP contribution in [0.1, 0.15) is 5.56 Å². The van der Waals surface area contributed by atoms with Crippen LogP contribution >= 0.6 is 23.8 Å². The second kappa shape index (κ2) is 5.78. The van der Waals surface area contributed by atoms with Crippen LogP contribution in [0.5, 0.6) is 0 Å². The van der Waals surface area contributed by atoms with E-state index >= 15 is 0 Å². The number of anilines is 1. The summed E-state index contributed by atoms with van der Waals surface area (Å²) in [6.45, 7) is 0. The van der Waals surface area contributed by atoms with Crippen molar-refractivity contribution in [3.05, 3.63) is 59.1 Å². The average molecular weight is 327 g/mol. The van der Waals surface area contributed by atoms with Crippen LogP contribution in [-0.4, -0.2) is 13.4 Å². The molecule has 2 aromatic rings. The molecule has 0 saturated heterocycles. The molecule has 0 saturated carbocycles. The predicted octanol–water partition coefficient (Wildman–Crippen LogP) is 2.78. The van der Waals surface area contributed by atoms with Crippen LogP contribution in [0.15, 0.2) is 53.4 Å². The number of halogens is 1. The number of nitrogens with one attached hydrogen (secondary N) is 1. The molecule has 104 valence electrons. The smallest absolute Gasteiger partial charge is 0.262 e. The summed E-state index contributed by atoms with van der Waals surface area (Å²) in [7, 11) is -3.76. The van der Waals surface area contributed by atoms with E-state index in [1.165, 1.54) is 6.07 Å². The Bertz CT molecular complexity index is 743. The number of hydrogen-bond acceptors (Lipinski definition) is 3. The van der Waals surface area contributed by atoms with Gasteiger partial charge in [0, 0.05) is 16.3 Å². The molecule has 7 heteroatoms. The van der Waals surface area contributed by atoms with Gasteiger partial charge in [0.25, 0.3) is 10.0 Å². The summed E-state index contributed by atoms with van der Waals surface area (Å²) < 4.78 is 27.2. The molecule has 0 aliphatic carbocycles. The maximum Gasteiger partial charge on any atom is 0.262 e. The third-order valence-corrected chi connectivity index (χ3v) is 4.45. The van der Waals surface area contributed by atoms with Gasteiger partial charge >= 0.3 is 0 Å². The maximum absolute atomic E-state index is 12.4. The van der Waals surface area contributed by atoms with Crippen LogP contribution in [0, 0.1) is 0 Å². The first-order valence-electron chi connectivity index (χ1n) is 5.57. The Balaban J connectivity index is 2.41. The van der Waals surface area contributed by atoms with Crippen molar-refractivity contribution in [2.45, 2.75) is 4.90 Å². The topological polar surface area (TPSA) is 72.2 Å². The second-order valence-corrected chi connectivity index (χ2v) is 6.50. The van der Waals surface area contributed by atoms with Gasteiger partial charge < -0.3 is 5.73 Å². The second-order valence-electron chi connectivity index (χ2n) is 3.97. The van der Waals surface area contributed by atoms with Gasteiger partial charge in [0.1, 0.15) is 4.99 Å². The molecule has 0 fully saturated rings. The minimum Gasteiger partial charge on any atom is -0.389 e. The molecule has 0 amide bonds. The van der Waals surface area contributed by atoms with E-state index in [2.05, 4.69) is 4.72 Å². The molecule has 0 aromatic heterocycles. The standard InChI is InChI=1S/C13H11ClN2O2S2/c14-9-5-7-10(8-6-9)16-20(17,18)12-4-2-1-3-11(12)13(15)19/h1-8,16H,(H2,15,19). The zero-order chi connectivity index (χ0) is 14.8. The molecule has 4 nitrogen and oxygen atoms in total. The molecule has 0 atom stereocenters. The van der Waals surface area contributed by atoms with Crippen LogP contribution in [-0.2, 0) is 10.0 Å². The van der Waals surface area contributed by atoms with Gasteiger partial charge in [-0.25, -0.2) is 8.42 Å². The molecule has 0 spiro atoms. The highest BCUT2D eigenvalue weighted by molar-refractivity contribution is 7.93. The molecule has 2 aromatic carbocycles. The minimum absolute atomic E-state index is 0.0297. The minimum atomic E-state index is -3.76. The number of benzene rings is 2. The summed E-state index contributed by atoms with van der Waals surface area (Å²) in [6.07, 6.45) is 0. The van der Waals surface area contributed by atoms with Gasteiger partial charge in [-0.05, 0) is 30.3 Å². The van der Waals surface area contributed by atoms with Crippen LogP contribution in [0.3, 0.4) is 0 Å². The predicted molar refractivity (Wildman–Crippen MR) is 84.6 cm³/mol. The Hall–Kier alpha value is -1.63. The third kappa shape index (κ3) is 3.27. The van der Waals surface area contributed by atoms with E-state index in [1.807, 2.05) is 0 Å². The first-order chi connectivity index (χ1) is 9.40. The van der Waals surface area contributed by atoms with Crippen LogP contribution < -0.4 is 10.5 Å². The van der Waals surface area contributed by atoms with Crippen molar-refractivity contribution in [2.75, 3.05) is 4.72 Å². The summed E-state index contributed by atoms with van der Waals surface area (Å²) in [5.41, 5.74) is 6.26. The van der Waals surface area contributed by atoms with Gasteiger partial charge in [-0.1, -0.05) is 42.0 Å². The summed E-state index contributed by atoms with van der Waals surface area (Å²) >= 11 is 10.6. The Morgan fingerprint density at radius 1 is 1.10 bits per heavy atom. The molecule has 2 rings (SSSR count). The van der Waals surface area contributed by atoms with Gasteiger partial charge in [0.2, 0.25) is 0 Å². The van der Waals surface area contributed by atoms with Gasteiger partial charge in [-0.2, -0.15) is 0 Å². The van der Waals surface area contributed by atoms with Crippen molar-refractivity contribution in [3.63, 3.8) is 0 Å². The summed E-state index contributed by atoms with van der Waals surface area (Å²) in [4.78, 5) is 0.0736. The lowest BCUT2D eigenvalue weighted by Crippen LogP contribution is -2.19. The number of nitrogens with two attached hydrogens (primary N) is 1. The largest absolute Gasteiger partial charge is 0.389 e. The van der Waals surface area contributed by atoms with Crippen molar-refractivity contribution in [3.8, 4) is 0 Å². The Labute approximate surface area is 127 Å². The highest BCUT2D eigenvalue weighted by atomic mass is 35.5. The van der Waals surface area contributed by atoms with E-state index in [-0.39, 0.29) is 9.88 Å². The van der Waals surface area contributed by atoms with E-state index in [4.69, 9.17) is 29.6 Å². The van der Waals surface area contributed by atoms with Crippen LogP contribution in [0.25, 0.3) is 0 Å². The summed E-state index contributed by atoms with van der Waals surface area (Å²) in [5.74, 6) is 0. The van der Waals surface area contributed by atoms with Crippen molar-refractivity contribution in [1.82, 2.24) is 0 Å². The van der Waals surface area contributed by atoms with E-state index in [1.54, 1.807) is 42.5 Å². The first-order valence-corrected chi connectivity index (χ1v) is 7.84. The fraction of sp³-hybridized carbons (Fsp3) is 0. The molecule has 0 radical (unpaired) electrons. The molecule has 0 unspecified atom stereocenters. The van der Waals surface area contributed by atoms with Crippen LogP contribution in [0.2, 0.25) is 5.02 Å². The fourth-order valence-electron chi connectivity index (χ4n) is 1.63. The highest BCUT2D eigenvalue weighted by Gasteiger charge is 2.19. The van der Waals surface area contributed by atoms with Gasteiger partial charge in [0.15, 0.2) is 0 Å². The average Bonchev–Trinajstić information content (AvgIpc) is 2.41. The molecule has 0 aliphatic rings. The zero-order valence-electron chi connectivity index (χ0n) is 10.2. The normalized spacial score (nSPS) is 11.1. The van der Waals surface area contributed by atoms with E-state index in [0.717, 1.165) is 0 Å². The van der Waals surface area contributed by atoms with E-state index in [9.17, 15) is 8.42 Å². The van der Waals surface area contributed by atoms with Crippen LogP contribution in [0.4, 0.5) is 5.69 Å². The van der Waals surface area contributed by atoms with Crippen molar-refractivity contribution < 1.29 is 8.42 Å². The third-order valence-electron chi connectivity index (χ3n) is 2.54. The zero-order valence-corrected chi connectivity index (χ0v) is 12.6. The molecular formula is C13H11ClN2O2S2. The SMILES string of the molecule is NC(=S)c1ccccc1S(=O)(=O)Nc1ccc(Cl)cc1. The van der Waals surface area contributed by atoms with Gasteiger partial charge in [-0.15, -0.1) is 0 Å². The van der Waals surface area contributed by atoms with Crippen molar-refractivity contribution in [1.29, 1.82) is 0 Å². The van der Waals surface area contributed by atoms with Crippen molar-refractivity contribution in [2.24, 2.45) is 5.73 Å². The molecular weight excluding hydrogens is 316 g/mol. The number of rotatable bonds is 4. The Morgan fingerprint density at radius 3 is 2.30 bits per heavy atom. The Kier molecular flexibility index (Phi) is 4.27. The molecule has 3 N–H and O–H groups in total. The summed E-state index contributed by atoms with van der Waals surface area (Å²) in [6, 6.07) is 12.6. The number of sulfonamides is 1. The molecule has 0 bridgehead atoms. The molecule has 20 heavy (non-hydrogen) atoms. The van der Waals surface area contributed by atoms with Gasteiger partial charge in [-0.3, -0.25) is 4.72 Å². The lowest BCUT2D eigenvalue weighted by atomic mass is 10.2. The number of thiocarbonyl (C=S) groups is 1. The fourth-order valence-corrected chi connectivity index (χ4v) is 3.28. The Morgan fingerprint density at radius 2 is 1.70 bits per heavy atom. The van der Waals surface area contributed by atoms with Gasteiger partial charge in [0.05, 0.1) is 4.90 Å². The highest BCUT2D eigenvalue weighted by Crippen LogP contribution is 2.21. The first kappa shape index (κ1) is 14.8. The van der Waals surface area contributed by atoms with E-state index < -0.39 is 10.0 Å². The quantitative estimate of drug-likeness (QED) is 0.847. The number of hydrogen-bond donors (Lipinski definition) is 2.